The number of carboxylic acid groups (broad SMARTS) is 2. The van der Waals surface area contributed by atoms with Crippen LogP contribution in [0.25, 0.3) is 0 Å². The van der Waals surface area contributed by atoms with E-state index in [0.717, 1.165) is 7.11 Å². The summed E-state index contributed by atoms with van der Waals surface area (Å²) in [5.41, 5.74) is 0. The van der Waals surface area contributed by atoms with Gasteiger partial charge in [0, 0.05) is 29.5 Å². The van der Waals surface area contributed by atoms with Crippen molar-refractivity contribution in [1.82, 2.24) is 0 Å². The van der Waals surface area contributed by atoms with Crippen LogP contribution >= 0.6 is 0 Å². The zero-order valence-corrected chi connectivity index (χ0v) is 4.96. The number of carbonyl (C=O) groups is 1. The fourth-order valence-corrected chi connectivity index (χ4v) is 0. The molecule has 0 atom stereocenters. The Morgan fingerprint density at radius 1 is 1.43 bits per heavy atom. The largest absolute Gasteiger partial charge is 0.652 e. The summed E-state index contributed by atoms with van der Waals surface area (Å²) in [7, 11) is 1.00. The van der Waals surface area contributed by atoms with E-state index in [0.29, 0.717) is 0 Å². The molecule has 7 heavy (non-hydrogen) atoms. The second kappa shape index (κ2) is 16.7. The number of aliphatic hydroxyl groups excluding tert-OH is 1. The molecule has 0 spiro atoms. The van der Waals surface area contributed by atoms with E-state index >= 15 is 0 Å². The Bertz CT molecular complexity index is 32.7. The number of hydrogen-bond acceptors (Lipinski definition) is 4. The van der Waals surface area contributed by atoms with Gasteiger partial charge in [-0.15, -0.1) is 0 Å². The van der Waals surface area contributed by atoms with Crippen LogP contribution in [0, 0.1) is 0 Å². The Morgan fingerprint density at radius 2 is 1.43 bits per heavy atom. The molecule has 0 bridgehead atoms. The van der Waals surface area contributed by atoms with E-state index in [2.05, 4.69) is 0 Å². The van der Waals surface area contributed by atoms with Crippen molar-refractivity contribution in [2.45, 2.75) is 0 Å². The van der Waals surface area contributed by atoms with Crippen LogP contribution in [-0.2, 0) is 22.4 Å². The average Bonchev–Trinajstić information content (AvgIpc) is 1.41. The van der Waals surface area contributed by atoms with E-state index < -0.39 is 6.16 Å². The summed E-state index contributed by atoms with van der Waals surface area (Å²) in [5.74, 6) is 0. The van der Waals surface area contributed by atoms with Crippen molar-refractivity contribution in [1.29, 1.82) is 0 Å². The predicted octanol–water partition coefficient (Wildman–Crippen LogP) is -2.84. The molecule has 0 rings (SSSR count). The van der Waals surface area contributed by atoms with Gasteiger partial charge in [0.2, 0.25) is 0 Å². The molecule has 49 valence electrons. The Hall–Kier alpha value is -0.0297. The molecule has 1 N–H and O–H groups in total. The van der Waals surface area contributed by atoms with Gasteiger partial charge in [-0.25, -0.2) is 0 Å². The van der Waals surface area contributed by atoms with E-state index in [1.807, 2.05) is 0 Å². The molecule has 0 heterocycles. The second-order valence-electron chi connectivity index (χ2n) is 0.250. The van der Waals surface area contributed by atoms with Crippen molar-refractivity contribution in [3.8, 4) is 0 Å². The fourth-order valence-electron chi connectivity index (χ4n) is 0. The normalized spacial score (nSPS) is 4.29. The first-order valence-electron chi connectivity index (χ1n) is 1.06. The summed E-state index contributed by atoms with van der Waals surface area (Å²) in [6.45, 7) is 0. The predicted molar refractivity (Wildman–Crippen MR) is 13.5 cm³/mol. The third-order valence-corrected chi connectivity index (χ3v) is 0. The van der Waals surface area contributed by atoms with Crippen LogP contribution in [0.4, 0.5) is 4.79 Å². The maximum Gasteiger partial charge on any atom is 0.0319 e. The van der Waals surface area contributed by atoms with E-state index in [4.69, 9.17) is 20.1 Å². The Balaban J connectivity index is -0.0000000480. The molecule has 0 fully saturated rings. The Kier molecular flexibility index (Phi) is 37.6. The molecule has 0 aromatic rings. The van der Waals surface area contributed by atoms with Crippen molar-refractivity contribution in [2.24, 2.45) is 0 Å². The smallest absolute Gasteiger partial charge is 0.0319 e. The van der Waals surface area contributed by atoms with Gasteiger partial charge in [-0.3, -0.25) is 0 Å². The van der Waals surface area contributed by atoms with Crippen LogP contribution in [0.5, 0.6) is 0 Å². The fraction of sp³-hybridized carbons (Fsp3) is 0.500. The average molecular weight is 200 g/mol. The van der Waals surface area contributed by atoms with Crippen molar-refractivity contribution in [3.63, 3.8) is 0 Å². The summed E-state index contributed by atoms with van der Waals surface area (Å²) in [4.78, 5) is 8.33. The first kappa shape index (κ1) is 15.8. The molecule has 1 radical (unpaired) electrons. The van der Waals surface area contributed by atoms with Gasteiger partial charge in [0.05, 0.1) is 0 Å². The quantitative estimate of drug-likeness (QED) is 0.427. The zero-order valence-electron chi connectivity index (χ0n) is 3.47. The maximum absolute atomic E-state index is 8.33. The van der Waals surface area contributed by atoms with Crippen LogP contribution in [0.15, 0.2) is 0 Å². The van der Waals surface area contributed by atoms with E-state index in [1.54, 1.807) is 0 Å². The summed E-state index contributed by atoms with van der Waals surface area (Å²) < 4.78 is 0. The van der Waals surface area contributed by atoms with Gasteiger partial charge in [0.15, 0.2) is 0 Å². The van der Waals surface area contributed by atoms with Gasteiger partial charge in [-0.05, 0) is 6.16 Å². The number of hydrogen-bond donors (Lipinski definition) is 1. The van der Waals surface area contributed by atoms with Crippen LogP contribution in [-0.4, -0.2) is 18.4 Å². The number of rotatable bonds is 0. The number of aliphatic hydroxyl groups is 1. The molecule has 0 aliphatic heterocycles. The third-order valence-electron chi connectivity index (χ3n) is 0. The summed E-state index contributed by atoms with van der Waals surface area (Å²) in [5, 5.41) is 23.7. The zero-order chi connectivity index (χ0) is 5.58. The maximum atomic E-state index is 8.33. The molecular formula is C2H4AgO4-2. The molecule has 0 aliphatic rings. The van der Waals surface area contributed by atoms with Crippen LogP contribution in [0.2, 0.25) is 0 Å². The van der Waals surface area contributed by atoms with Crippen molar-refractivity contribution >= 4 is 6.16 Å². The summed E-state index contributed by atoms with van der Waals surface area (Å²) >= 11 is 0. The third kappa shape index (κ3) is 106000. The molecule has 0 unspecified atom stereocenters. The van der Waals surface area contributed by atoms with Crippen LogP contribution < -0.4 is 10.2 Å². The SMILES string of the molecule is CO.O=C([O-])[O-].[Ag]. The molecule has 0 aromatic heterocycles. The van der Waals surface area contributed by atoms with Crippen molar-refractivity contribution < 1.29 is 42.5 Å². The minimum absolute atomic E-state index is 0. The van der Waals surface area contributed by atoms with E-state index in [9.17, 15) is 0 Å². The minimum atomic E-state index is -2.33. The van der Waals surface area contributed by atoms with Crippen molar-refractivity contribution in [2.75, 3.05) is 7.11 Å². The first-order valence-corrected chi connectivity index (χ1v) is 1.06. The molecule has 4 nitrogen and oxygen atoms in total. The van der Waals surface area contributed by atoms with Gasteiger partial charge in [-0.2, -0.15) is 0 Å². The Labute approximate surface area is 56.3 Å². The first-order chi connectivity index (χ1) is 2.73. The topological polar surface area (TPSA) is 83.4 Å². The molecule has 0 aromatic carbocycles. The van der Waals surface area contributed by atoms with Gasteiger partial charge in [0.25, 0.3) is 0 Å². The van der Waals surface area contributed by atoms with Crippen molar-refractivity contribution in [3.05, 3.63) is 0 Å². The molecule has 0 saturated heterocycles. The van der Waals surface area contributed by atoms with Gasteiger partial charge in [0.1, 0.15) is 0 Å². The monoisotopic (exact) mass is 199 g/mol. The molecule has 0 saturated carbocycles. The summed E-state index contributed by atoms with van der Waals surface area (Å²) in [6, 6.07) is 0. The van der Waals surface area contributed by atoms with E-state index in [-0.39, 0.29) is 22.4 Å². The van der Waals surface area contributed by atoms with Gasteiger partial charge in [-0.1, -0.05) is 0 Å². The molecule has 0 aliphatic carbocycles. The van der Waals surface area contributed by atoms with Gasteiger partial charge >= 0.3 is 0 Å². The minimum Gasteiger partial charge on any atom is -0.652 e. The van der Waals surface area contributed by atoms with Crippen LogP contribution in [0.1, 0.15) is 0 Å². The number of carbonyl (C=O) groups excluding carboxylic acids is 1. The molecule has 5 heteroatoms. The van der Waals surface area contributed by atoms with Gasteiger partial charge < -0.3 is 20.1 Å². The second-order valence-corrected chi connectivity index (χ2v) is 0.250. The van der Waals surface area contributed by atoms with Crippen LogP contribution in [0.3, 0.4) is 0 Å². The molecular weight excluding hydrogens is 196 g/mol. The standard InChI is InChI=1S/CH2O3.CH4O.Ag/c2-1(3)4;1-2;/h(H2,2,3,4);2H,1H3;/p-2. The Morgan fingerprint density at radius 3 is 1.43 bits per heavy atom. The van der Waals surface area contributed by atoms with E-state index in [1.165, 1.54) is 0 Å². The molecule has 0 amide bonds. The summed E-state index contributed by atoms with van der Waals surface area (Å²) in [6.07, 6.45) is -2.33.